The Hall–Kier alpha value is -2.60. The molecular weight excluding hydrogens is 477 g/mol. The number of carbonyl (C=O) groups is 2. The van der Waals surface area contributed by atoms with Crippen LogP contribution >= 0.6 is 11.6 Å². The minimum Gasteiger partial charge on any atom is -0.371 e. The van der Waals surface area contributed by atoms with Crippen molar-refractivity contribution >= 4 is 29.1 Å². The van der Waals surface area contributed by atoms with Gasteiger partial charge >= 0.3 is 0 Å². The first-order valence-electron chi connectivity index (χ1n) is 13.0. The van der Waals surface area contributed by atoms with E-state index in [1.807, 2.05) is 24.3 Å². The lowest BCUT2D eigenvalue weighted by atomic mass is 9.78. The molecular formula is C29H37ClFN3O2. The van der Waals surface area contributed by atoms with Crippen LogP contribution in [0.2, 0.25) is 5.02 Å². The van der Waals surface area contributed by atoms with Crippen LogP contribution in [0.4, 0.5) is 10.1 Å². The molecule has 4 rings (SSSR count). The van der Waals surface area contributed by atoms with Crippen molar-refractivity contribution in [3.05, 3.63) is 64.7 Å². The molecule has 0 bridgehead atoms. The number of likely N-dealkylation sites (tertiary alicyclic amines) is 1. The standard InChI is InChI=1S/C29H37ClFN3O2/c1-4-29(31,23-8-6-5-7-9-23)28(36)34-18-14-22(15-19-34)21-12-16-33(17-13-21)24-10-11-25(26(30)20-24)27(35)32(2)3/h5-11,20-22H,4,12-19H2,1-3H3. The van der Waals surface area contributed by atoms with Gasteiger partial charge in [-0.2, -0.15) is 0 Å². The molecule has 2 aromatic rings. The molecule has 0 aromatic heterocycles. The van der Waals surface area contributed by atoms with Crippen LogP contribution in [0.1, 0.15) is 54.9 Å². The molecule has 36 heavy (non-hydrogen) atoms. The Morgan fingerprint density at radius 3 is 2.08 bits per heavy atom. The molecule has 2 heterocycles. The Balaban J connectivity index is 1.31. The van der Waals surface area contributed by atoms with E-state index in [2.05, 4.69) is 4.90 Å². The van der Waals surface area contributed by atoms with Gasteiger partial charge in [-0.3, -0.25) is 9.59 Å². The Morgan fingerprint density at radius 1 is 0.972 bits per heavy atom. The van der Waals surface area contributed by atoms with Gasteiger partial charge in [0, 0.05) is 46.0 Å². The SMILES string of the molecule is CCC(F)(C(=O)N1CCC(C2CCN(c3ccc(C(=O)N(C)C)c(Cl)c3)CC2)CC1)c1ccccc1. The van der Waals surface area contributed by atoms with E-state index in [9.17, 15) is 9.59 Å². The lowest BCUT2D eigenvalue weighted by molar-refractivity contribution is -0.147. The zero-order chi connectivity index (χ0) is 25.9. The van der Waals surface area contributed by atoms with Crippen LogP contribution in [-0.4, -0.2) is 61.9 Å². The number of hydrogen-bond donors (Lipinski definition) is 0. The van der Waals surface area contributed by atoms with Gasteiger partial charge in [-0.25, -0.2) is 4.39 Å². The van der Waals surface area contributed by atoms with E-state index in [0.29, 0.717) is 41.1 Å². The fourth-order valence-electron chi connectivity index (χ4n) is 5.75. The predicted molar refractivity (Wildman–Crippen MR) is 143 cm³/mol. The number of rotatable bonds is 6. The summed E-state index contributed by atoms with van der Waals surface area (Å²) in [5.41, 5.74) is 0.0716. The summed E-state index contributed by atoms with van der Waals surface area (Å²) in [7, 11) is 3.44. The average molecular weight is 514 g/mol. The highest BCUT2D eigenvalue weighted by Gasteiger charge is 2.43. The molecule has 2 aromatic carbocycles. The molecule has 194 valence electrons. The van der Waals surface area contributed by atoms with E-state index < -0.39 is 11.6 Å². The van der Waals surface area contributed by atoms with E-state index in [-0.39, 0.29) is 12.3 Å². The second-order valence-corrected chi connectivity index (χ2v) is 10.7. The molecule has 2 aliphatic heterocycles. The number of anilines is 1. The van der Waals surface area contributed by atoms with Gasteiger partial charge in [0.1, 0.15) is 0 Å². The molecule has 0 aliphatic carbocycles. The van der Waals surface area contributed by atoms with Crippen molar-refractivity contribution in [1.82, 2.24) is 9.80 Å². The molecule has 2 fully saturated rings. The third-order valence-corrected chi connectivity index (χ3v) is 8.36. The number of amides is 2. The minimum atomic E-state index is -1.95. The number of alkyl halides is 1. The van der Waals surface area contributed by atoms with Crippen LogP contribution in [-0.2, 0) is 10.5 Å². The molecule has 1 atom stereocenters. The second kappa shape index (κ2) is 11.2. The average Bonchev–Trinajstić information content (AvgIpc) is 2.92. The number of benzene rings is 2. The van der Waals surface area contributed by atoms with Gasteiger partial charge in [0.15, 0.2) is 0 Å². The largest absolute Gasteiger partial charge is 0.371 e. The normalized spacial score (nSPS) is 19.1. The van der Waals surface area contributed by atoms with Crippen molar-refractivity contribution in [2.24, 2.45) is 11.8 Å². The molecule has 2 aliphatic rings. The maximum absolute atomic E-state index is 15.8. The smallest absolute Gasteiger partial charge is 0.264 e. The van der Waals surface area contributed by atoms with E-state index in [4.69, 9.17) is 11.6 Å². The van der Waals surface area contributed by atoms with E-state index in [1.165, 1.54) is 4.90 Å². The Kier molecular flexibility index (Phi) is 8.23. The summed E-state index contributed by atoms with van der Waals surface area (Å²) >= 11 is 6.43. The number of carbonyl (C=O) groups excluding carboxylic acids is 2. The summed E-state index contributed by atoms with van der Waals surface area (Å²) in [4.78, 5) is 31.0. The van der Waals surface area contributed by atoms with Crippen LogP contribution in [0.3, 0.4) is 0 Å². The summed E-state index contributed by atoms with van der Waals surface area (Å²) in [6.07, 6.45) is 4.17. The molecule has 2 amide bonds. The highest BCUT2D eigenvalue weighted by Crippen LogP contribution is 2.37. The van der Waals surface area contributed by atoms with Crippen molar-refractivity contribution in [3.8, 4) is 0 Å². The lowest BCUT2D eigenvalue weighted by Crippen LogP contribution is -2.48. The maximum atomic E-state index is 15.8. The predicted octanol–water partition coefficient (Wildman–Crippen LogP) is 5.77. The minimum absolute atomic E-state index is 0.0946. The monoisotopic (exact) mass is 513 g/mol. The van der Waals surface area contributed by atoms with Crippen molar-refractivity contribution < 1.29 is 14.0 Å². The topological polar surface area (TPSA) is 43.9 Å². The van der Waals surface area contributed by atoms with E-state index in [1.54, 1.807) is 50.2 Å². The number of piperidine rings is 2. The van der Waals surface area contributed by atoms with Crippen LogP contribution in [0.5, 0.6) is 0 Å². The van der Waals surface area contributed by atoms with Crippen molar-refractivity contribution in [3.63, 3.8) is 0 Å². The van der Waals surface area contributed by atoms with Crippen molar-refractivity contribution in [2.75, 3.05) is 45.2 Å². The van der Waals surface area contributed by atoms with Crippen LogP contribution in [0.25, 0.3) is 0 Å². The zero-order valence-corrected chi connectivity index (χ0v) is 22.3. The molecule has 1 unspecified atom stereocenters. The molecule has 0 saturated carbocycles. The number of nitrogens with zero attached hydrogens (tertiary/aromatic N) is 3. The van der Waals surface area contributed by atoms with E-state index in [0.717, 1.165) is 44.5 Å². The highest BCUT2D eigenvalue weighted by atomic mass is 35.5. The van der Waals surface area contributed by atoms with Crippen LogP contribution < -0.4 is 4.90 Å². The van der Waals surface area contributed by atoms with Gasteiger partial charge < -0.3 is 14.7 Å². The van der Waals surface area contributed by atoms with Crippen molar-refractivity contribution in [1.29, 1.82) is 0 Å². The first-order chi connectivity index (χ1) is 17.2. The summed E-state index contributed by atoms with van der Waals surface area (Å²) in [5.74, 6) is 0.687. The lowest BCUT2D eigenvalue weighted by Gasteiger charge is -2.42. The fourth-order valence-corrected chi connectivity index (χ4v) is 6.01. The zero-order valence-electron chi connectivity index (χ0n) is 21.6. The Morgan fingerprint density at radius 2 is 1.56 bits per heavy atom. The second-order valence-electron chi connectivity index (χ2n) is 10.3. The third-order valence-electron chi connectivity index (χ3n) is 8.05. The summed E-state index contributed by atoms with van der Waals surface area (Å²) < 4.78 is 15.8. The third kappa shape index (κ3) is 5.39. The van der Waals surface area contributed by atoms with Gasteiger partial charge in [0.05, 0.1) is 10.6 Å². The first kappa shape index (κ1) is 26.5. The Bertz CT molecular complexity index is 1060. The summed E-state index contributed by atoms with van der Waals surface area (Å²) in [6.45, 7) is 4.88. The molecule has 0 spiro atoms. The highest BCUT2D eigenvalue weighted by molar-refractivity contribution is 6.34. The number of hydrogen-bond acceptors (Lipinski definition) is 3. The summed E-state index contributed by atoms with van der Waals surface area (Å²) in [5, 5.41) is 0.483. The number of halogens is 2. The van der Waals surface area contributed by atoms with Gasteiger partial charge in [0.25, 0.3) is 11.8 Å². The fraction of sp³-hybridized carbons (Fsp3) is 0.517. The van der Waals surface area contributed by atoms with Crippen LogP contribution in [0, 0.1) is 11.8 Å². The van der Waals surface area contributed by atoms with E-state index >= 15 is 4.39 Å². The molecule has 5 nitrogen and oxygen atoms in total. The van der Waals surface area contributed by atoms with Crippen LogP contribution in [0.15, 0.2) is 48.5 Å². The quantitative estimate of drug-likeness (QED) is 0.492. The maximum Gasteiger partial charge on any atom is 0.264 e. The van der Waals surface area contributed by atoms with Gasteiger partial charge in [0.2, 0.25) is 5.67 Å². The first-order valence-corrected chi connectivity index (χ1v) is 13.4. The Labute approximate surface area is 219 Å². The van der Waals surface area contributed by atoms with Crippen molar-refractivity contribution in [2.45, 2.75) is 44.7 Å². The van der Waals surface area contributed by atoms with Gasteiger partial charge in [-0.1, -0.05) is 48.9 Å². The van der Waals surface area contributed by atoms with Gasteiger partial charge in [-0.15, -0.1) is 0 Å². The molecule has 7 heteroatoms. The molecule has 2 saturated heterocycles. The van der Waals surface area contributed by atoms with Gasteiger partial charge in [-0.05, 0) is 67.7 Å². The molecule has 0 radical (unpaired) electrons. The summed E-state index contributed by atoms with van der Waals surface area (Å²) in [6, 6.07) is 14.5. The molecule has 0 N–H and O–H groups in total.